The molecule has 2 nitrogen and oxygen atoms in total. The van der Waals surface area contributed by atoms with Gasteiger partial charge in [-0.15, -0.1) is 0 Å². The van der Waals surface area contributed by atoms with Crippen molar-refractivity contribution in [3.63, 3.8) is 0 Å². The van der Waals surface area contributed by atoms with E-state index in [2.05, 4.69) is 43.0 Å². The Labute approximate surface area is 75.8 Å². The van der Waals surface area contributed by atoms with Crippen molar-refractivity contribution < 1.29 is 0 Å². The fourth-order valence-electron chi connectivity index (χ4n) is 1.37. The lowest BCUT2D eigenvalue weighted by atomic mass is 10.1. The SMILES string of the molecule is CCC(C)CN1C=CN(CC)C1. The Morgan fingerprint density at radius 2 is 1.92 bits per heavy atom. The Hall–Kier alpha value is -0.660. The van der Waals surface area contributed by atoms with Crippen molar-refractivity contribution >= 4 is 0 Å². The first kappa shape index (κ1) is 9.43. The predicted molar refractivity (Wildman–Crippen MR) is 52.5 cm³/mol. The highest BCUT2D eigenvalue weighted by Gasteiger charge is 2.11. The van der Waals surface area contributed by atoms with Crippen LogP contribution < -0.4 is 0 Å². The van der Waals surface area contributed by atoms with Crippen LogP contribution in [0.15, 0.2) is 12.4 Å². The summed E-state index contributed by atoms with van der Waals surface area (Å²) in [4.78, 5) is 4.71. The van der Waals surface area contributed by atoms with Crippen LogP contribution in [0, 0.1) is 5.92 Å². The van der Waals surface area contributed by atoms with Gasteiger partial charge in [0.2, 0.25) is 0 Å². The van der Waals surface area contributed by atoms with Gasteiger partial charge in [-0.25, -0.2) is 0 Å². The van der Waals surface area contributed by atoms with Crippen LogP contribution in [0.1, 0.15) is 27.2 Å². The van der Waals surface area contributed by atoms with Crippen molar-refractivity contribution in [3.05, 3.63) is 12.4 Å². The number of rotatable bonds is 4. The third-order valence-electron chi connectivity index (χ3n) is 2.50. The minimum atomic E-state index is 0.812. The summed E-state index contributed by atoms with van der Waals surface area (Å²) >= 11 is 0. The van der Waals surface area contributed by atoms with Crippen LogP contribution in [0.4, 0.5) is 0 Å². The van der Waals surface area contributed by atoms with Gasteiger partial charge in [0.1, 0.15) is 0 Å². The van der Waals surface area contributed by atoms with Crippen LogP contribution in [-0.4, -0.2) is 29.6 Å². The van der Waals surface area contributed by atoms with Crippen molar-refractivity contribution in [2.24, 2.45) is 5.92 Å². The molecule has 0 aromatic rings. The molecule has 0 aliphatic carbocycles. The molecule has 70 valence electrons. The zero-order valence-electron chi connectivity index (χ0n) is 8.45. The highest BCUT2D eigenvalue weighted by molar-refractivity contribution is 4.90. The second-order valence-corrected chi connectivity index (χ2v) is 3.63. The second kappa shape index (κ2) is 4.39. The Balaban J connectivity index is 2.24. The molecule has 1 rings (SSSR count). The molecule has 1 aliphatic heterocycles. The van der Waals surface area contributed by atoms with E-state index in [1.807, 2.05) is 0 Å². The van der Waals surface area contributed by atoms with E-state index < -0.39 is 0 Å². The number of nitrogens with zero attached hydrogens (tertiary/aromatic N) is 2. The number of hydrogen-bond acceptors (Lipinski definition) is 2. The van der Waals surface area contributed by atoms with E-state index in [-0.39, 0.29) is 0 Å². The summed E-state index contributed by atoms with van der Waals surface area (Å²) in [7, 11) is 0. The standard InChI is InChI=1S/C10H20N2/c1-4-10(3)8-12-7-6-11(5-2)9-12/h6-7,10H,4-5,8-9H2,1-3H3. The molecule has 1 aliphatic rings. The first-order chi connectivity index (χ1) is 5.76. The van der Waals surface area contributed by atoms with Crippen LogP contribution in [0.2, 0.25) is 0 Å². The maximum absolute atomic E-state index is 2.39. The van der Waals surface area contributed by atoms with Gasteiger partial charge < -0.3 is 9.80 Å². The summed E-state index contributed by atoms with van der Waals surface area (Å²) in [5.74, 6) is 0.812. The molecule has 1 atom stereocenters. The Morgan fingerprint density at radius 3 is 2.42 bits per heavy atom. The van der Waals surface area contributed by atoms with Crippen LogP contribution in [0.3, 0.4) is 0 Å². The van der Waals surface area contributed by atoms with Gasteiger partial charge in [-0.1, -0.05) is 20.3 Å². The molecule has 2 heteroatoms. The van der Waals surface area contributed by atoms with Gasteiger partial charge in [0.05, 0.1) is 6.67 Å². The van der Waals surface area contributed by atoms with Crippen LogP contribution >= 0.6 is 0 Å². The van der Waals surface area contributed by atoms with Crippen LogP contribution in [0.5, 0.6) is 0 Å². The van der Waals surface area contributed by atoms with Crippen molar-refractivity contribution in [1.29, 1.82) is 0 Å². The van der Waals surface area contributed by atoms with Gasteiger partial charge in [-0.05, 0) is 12.8 Å². The summed E-state index contributed by atoms with van der Waals surface area (Å²) in [6.07, 6.45) is 5.66. The average Bonchev–Trinajstić information content (AvgIpc) is 2.52. The molecule has 1 unspecified atom stereocenters. The topological polar surface area (TPSA) is 6.48 Å². The molecule has 12 heavy (non-hydrogen) atoms. The molecule has 0 saturated carbocycles. The lowest BCUT2D eigenvalue weighted by Crippen LogP contribution is -2.28. The Kier molecular flexibility index (Phi) is 3.45. The molecule has 0 saturated heterocycles. The third kappa shape index (κ3) is 2.43. The van der Waals surface area contributed by atoms with Crippen molar-refractivity contribution in [2.75, 3.05) is 19.8 Å². The molecule has 0 aromatic carbocycles. The lowest BCUT2D eigenvalue weighted by molar-refractivity contribution is 0.245. The van der Waals surface area contributed by atoms with E-state index in [1.165, 1.54) is 13.0 Å². The lowest BCUT2D eigenvalue weighted by Gasteiger charge is -2.22. The van der Waals surface area contributed by atoms with Crippen LogP contribution in [-0.2, 0) is 0 Å². The summed E-state index contributed by atoms with van der Waals surface area (Å²) in [6, 6.07) is 0. The molecule has 0 spiro atoms. The fourth-order valence-corrected chi connectivity index (χ4v) is 1.37. The monoisotopic (exact) mass is 168 g/mol. The largest absolute Gasteiger partial charge is 0.359 e. The molecule has 0 N–H and O–H groups in total. The van der Waals surface area contributed by atoms with E-state index in [1.54, 1.807) is 0 Å². The van der Waals surface area contributed by atoms with Gasteiger partial charge in [-0.2, -0.15) is 0 Å². The van der Waals surface area contributed by atoms with Gasteiger partial charge in [-0.3, -0.25) is 0 Å². The minimum absolute atomic E-state index is 0.812. The van der Waals surface area contributed by atoms with Gasteiger partial charge in [0, 0.05) is 25.5 Å². The summed E-state index contributed by atoms with van der Waals surface area (Å²) in [5.41, 5.74) is 0. The van der Waals surface area contributed by atoms with E-state index in [0.29, 0.717) is 0 Å². The van der Waals surface area contributed by atoms with Gasteiger partial charge >= 0.3 is 0 Å². The maximum atomic E-state index is 2.39. The molecular formula is C10H20N2. The quantitative estimate of drug-likeness (QED) is 0.634. The zero-order chi connectivity index (χ0) is 8.97. The van der Waals surface area contributed by atoms with Crippen molar-refractivity contribution in [3.8, 4) is 0 Å². The van der Waals surface area contributed by atoms with E-state index >= 15 is 0 Å². The van der Waals surface area contributed by atoms with Gasteiger partial charge in [0.15, 0.2) is 0 Å². The Morgan fingerprint density at radius 1 is 1.25 bits per heavy atom. The molecule has 0 aromatic heterocycles. The van der Waals surface area contributed by atoms with E-state index in [4.69, 9.17) is 0 Å². The molecule has 1 heterocycles. The van der Waals surface area contributed by atoms with Crippen molar-refractivity contribution in [1.82, 2.24) is 9.80 Å². The fraction of sp³-hybridized carbons (Fsp3) is 0.800. The second-order valence-electron chi connectivity index (χ2n) is 3.63. The first-order valence-corrected chi connectivity index (χ1v) is 4.92. The molecule has 0 amide bonds. The molecule has 0 bridgehead atoms. The van der Waals surface area contributed by atoms with E-state index in [9.17, 15) is 0 Å². The molecule has 0 radical (unpaired) electrons. The minimum Gasteiger partial charge on any atom is -0.359 e. The third-order valence-corrected chi connectivity index (χ3v) is 2.50. The summed E-state index contributed by atoms with van der Waals surface area (Å²) in [5, 5.41) is 0. The number of hydrogen-bond donors (Lipinski definition) is 0. The van der Waals surface area contributed by atoms with Gasteiger partial charge in [0.25, 0.3) is 0 Å². The molecule has 0 fully saturated rings. The smallest absolute Gasteiger partial charge is 0.0893 e. The maximum Gasteiger partial charge on any atom is 0.0893 e. The van der Waals surface area contributed by atoms with Crippen LogP contribution in [0.25, 0.3) is 0 Å². The Bertz CT molecular complexity index is 154. The summed E-state index contributed by atoms with van der Waals surface area (Å²) < 4.78 is 0. The highest BCUT2D eigenvalue weighted by Crippen LogP contribution is 2.10. The predicted octanol–water partition coefficient (Wildman–Crippen LogP) is 2.10. The highest BCUT2D eigenvalue weighted by atomic mass is 15.3. The normalized spacial score (nSPS) is 18.9. The average molecular weight is 168 g/mol. The van der Waals surface area contributed by atoms with E-state index in [0.717, 1.165) is 19.1 Å². The summed E-state index contributed by atoms with van der Waals surface area (Å²) in [6.45, 7) is 10.2. The zero-order valence-corrected chi connectivity index (χ0v) is 8.45. The molecular weight excluding hydrogens is 148 g/mol. The van der Waals surface area contributed by atoms with Crippen molar-refractivity contribution in [2.45, 2.75) is 27.2 Å². The first-order valence-electron chi connectivity index (χ1n) is 4.92.